The van der Waals surface area contributed by atoms with E-state index in [9.17, 15) is 0 Å². The van der Waals surface area contributed by atoms with Crippen molar-refractivity contribution in [1.82, 2.24) is 14.5 Å². The van der Waals surface area contributed by atoms with Crippen LogP contribution in [0.1, 0.15) is 12.0 Å². The van der Waals surface area contributed by atoms with Gasteiger partial charge in [0.1, 0.15) is 11.9 Å². The standard InChI is InChI=1S/C52H35N3O/c1-5-14-34(15-6-1)38-25-29-47-44(30-38)41-27-24-39(35-16-7-2-8-17-35)31-48(41)55(47)40-26-28-43-50(32-40)56-49-23-13-22-42(51(43)49)46-33-45(36-18-9-3-10-19-36)53-52(54-46)37-20-11-4-12-21-37/h1-31,33,50H,32H2. The molecule has 0 saturated carbocycles. The fraction of sp³-hybridized carbons (Fsp3) is 0.0385. The number of hydrogen-bond donors (Lipinski definition) is 0. The Morgan fingerprint density at radius 1 is 0.464 bits per heavy atom. The van der Waals surface area contributed by atoms with Crippen LogP contribution in [0.2, 0.25) is 0 Å². The number of hydrogen-bond acceptors (Lipinski definition) is 3. The summed E-state index contributed by atoms with van der Waals surface area (Å²) >= 11 is 0. The minimum atomic E-state index is -0.136. The van der Waals surface area contributed by atoms with Crippen LogP contribution in [0.3, 0.4) is 0 Å². The lowest BCUT2D eigenvalue weighted by molar-refractivity contribution is 0.280. The zero-order valence-electron chi connectivity index (χ0n) is 30.5. The van der Waals surface area contributed by atoms with Crippen LogP contribution in [0.5, 0.6) is 5.75 Å². The van der Waals surface area contributed by atoms with Crippen molar-refractivity contribution >= 4 is 33.1 Å². The summed E-state index contributed by atoms with van der Waals surface area (Å²) in [6.45, 7) is 0. The third-order valence-electron chi connectivity index (χ3n) is 11.2. The van der Waals surface area contributed by atoms with E-state index in [4.69, 9.17) is 14.7 Å². The number of ether oxygens (including phenoxy) is 1. The van der Waals surface area contributed by atoms with E-state index in [1.54, 1.807) is 0 Å². The van der Waals surface area contributed by atoms with Gasteiger partial charge in [0.25, 0.3) is 0 Å². The van der Waals surface area contributed by atoms with Crippen LogP contribution in [0.15, 0.2) is 194 Å². The summed E-state index contributed by atoms with van der Waals surface area (Å²) in [6, 6.07) is 64.1. The van der Waals surface area contributed by atoms with Crippen molar-refractivity contribution in [2.24, 2.45) is 0 Å². The molecular formula is C52H35N3O. The second-order valence-electron chi connectivity index (χ2n) is 14.5. The van der Waals surface area contributed by atoms with Crippen molar-refractivity contribution in [3.05, 3.63) is 200 Å². The molecule has 56 heavy (non-hydrogen) atoms. The van der Waals surface area contributed by atoms with E-state index in [0.717, 1.165) is 45.8 Å². The average molecular weight is 718 g/mol. The topological polar surface area (TPSA) is 39.9 Å². The Bertz CT molecular complexity index is 2940. The largest absolute Gasteiger partial charge is 0.485 e. The van der Waals surface area contributed by atoms with Gasteiger partial charge in [-0.2, -0.15) is 0 Å². The van der Waals surface area contributed by atoms with Crippen molar-refractivity contribution in [3.63, 3.8) is 0 Å². The first kappa shape index (κ1) is 32.2. The molecule has 9 aromatic rings. The summed E-state index contributed by atoms with van der Waals surface area (Å²) in [4.78, 5) is 10.2. The van der Waals surface area contributed by atoms with E-state index < -0.39 is 0 Å². The van der Waals surface area contributed by atoms with Gasteiger partial charge in [0, 0.05) is 50.7 Å². The molecule has 4 heteroatoms. The smallest absolute Gasteiger partial charge is 0.160 e. The molecule has 0 N–H and O–H groups in total. The molecule has 4 nitrogen and oxygen atoms in total. The fourth-order valence-corrected chi connectivity index (χ4v) is 8.48. The van der Waals surface area contributed by atoms with Gasteiger partial charge in [-0.05, 0) is 58.7 Å². The van der Waals surface area contributed by atoms with Gasteiger partial charge in [-0.3, -0.25) is 0 Å². The molecule has 2 aromatic heterocycles. The number of benzene rings is 7. The van der Waals surface area contributed by atoms with Gasteiger partial charge in [0.2, 0.25) is 0 Å². The van der Waals surface area contributed by atoms with Crippen LogP contribution in [0, 0.1) is 0 Å². The number of fused-ring (bicyclic) bond motifs is 6. The summed E-state index contributed by atoms with van der Waals surface area (Å²) in [5.41, 5.74) is 15.5. The summed E-state index contributed by atoms with van der Waals surface area (Å²) in [6.07, 6.45) is 5.16. The Hall–Kier alpha value is -7.30. The highest BCUT2D eigenvalue weighted by atomic mass is 16.5. The fourth-order valence-electron chi connectivity index (χ4n) is 8.48. The first-order chi connectivity index (χ1) is 27.7. The summed E-state index contributed by atoms with van der Waals surface area (Å²) < 4.78 is 9.31. The average Bonchev–Trinajstić information content (AvgIpc) is 3.82. The Morgan fingerprint density at radius 2 is 1.09 bits per heavy atom. The number of allylic oxidation sites excluding steroid dienone is 2. The number of aromatic nitrogens is 3. The van der Waals surface area contributed by atoms with E-state index in [0.29, 0.717) is 5.82 Å². The minimum absolute atomic E-state index is 0.136. The molecule has 1 unspecified atom stereocenters. The summed E-state index contributed by atoms with van der Waals surface area (Å²) in [5, 5.41) is 2.47. The SMILES string of the molecule is C1=C2c3c(cccc3-c3cc(-c4ccccc4)nc(-c4ccccc4)n3)OC2CC(n2c3ccc(-c4ccccc4)cc3c3ccc(-c4ccccc4)cc32)=C1. The molecular weight excluding hydrogens is 683 g/mol. The van der Waals surface area contributed by atoms with Gasteiger partial charge in [0.15, 0.2) is 5.82 Å². The molecule has 264 valence electrons. The third-order valence-corrected chi connectivity index (χ3v) is 11.2. The molecule has 0 spiro atoms. The molecule has 3 heterocycles. The highest BCUT2D eigenvalue weighted by Gasteiger charge is 2.35. The summed E-state index contributed by atoms with van der Waals surface area (Å²) in [7, 11) is 0. The maximum atomic E-state index is 6.86. The molecule has 7 aromatic carbocycles. The lowest BCUT2D eigenvalue weighted by atomic mass is 9.90. The van der Waals surface area contributed by atoms with Gasteiger partial charge >= 0.3 is 0 Å². The van der Waals surface area contributed by atoms with Crippen molar-refractivity contribution in [3.8, 4) is 61.9 Å². The zero-order valence-corrected chi connectivity index (χ0v) is 30.5. The number of nitrogens with zero attached hydrogens (tertiary/aromatic N) is 3. The third kappa shape index (κ3) is 5.46. The van der Waals surface area contributed by atoms with Crippen LogP contribution < -0.4 is 4.74 Å². The maximum Gasteiger partial charge on any atom is 0.160 e. The predicted molar refractivity (Wildman–Crippen MR) is 230 cm³/mol. The molecule has 0 radical (unpaired) electrons. The Kier molecular flexibility index (Phi) is 7.59. The van der Waals surface area contributed by atoms with Gasteiger partial charge in [-0.1, -0.05) is 158 Å². The Labute approximate surface area is 325 Å². The second-order valence-corrected chi connectivity index (χ2v) is 14.5. The van der Waals surface area contributed by atoms with Crippen LogP contribution in [0.4, 0.5) is 0 Å². The van der Waals surface area contributed by atoms with Crippen molar-refractivity contribution in [1.29, 1.82) is 0 Å². The van der Waals surface area contributed by atoms with Gasteiger partial charge < -0.3 is 9.30 Å². The lowest BCUT2D eigenvalue weighted by Gasteiger charge is -2.21. The summed E-state index contributed by atoms with van der Waals surface area (Å²) in [5.74, 6) is 1.59. The van der Waals surface area contributed by atoms with Crippen LogP contribution >= 0.6 is 0 Å². The highest BCUT2D eigenvalue weighted by molar-refractivity contribution is 6.12. The van der Waals surface area contributed by atoms with Gasteiger partial charge in [0.05, 0.1) is 22.4 Å². The van der Waals surface area contributed by atoms with Crippen molar-refractivity contribution in [2.75, 3.05) is 0 Å². The Morgan fingerprint density at radius 3 is 1.80 bits per heavy atom. The molecule has 11 rings (SSSR count). The van der Waals surface area contributed by atoms with E-state index in [-0.39, 0.29) is 6.10 Å². The van der Waals surface area contributed by atoms with E-state index in [1.807, 2.05) is 24.3 Å². The van der Waals surface area contributed by atoms with E-state index >= 15 is 0 Å². The monoisotopic (exact) mass is 717 g/mol. The predicted octanol–water partition coefficient (Wildman–Crippen LogP) is 13.0. The van der Waals surface area contributed by atoms with Gasteiger partial charge in [-0.25, -0.2) is 9.97 Å². The normalized spacial score (nSPS) is 14.5. The van der Waals surface area contributed by atoms with E-state index in [1.165, 1.54) is 55.3 Å². The Balaban J connectivity index is 1.06. The highest BCUT2D eigenvalue weighted by Crippen LogP contribution is 2.48. The maximum absolute atomic E-state index is 6.86. The zero-order chi connectivity index (χ0) is 37.0. The van der Waals surface area contributed by atoms with E-state index in [2.05, 4.69) is 174 Å². The molecule has 1 aliphatic carbocycles. The molecule has 1 aliphatic heterocycles. The van der Waals surface area contributed by atoms with Crippen LogP contribution in [-0.2, 0) is 0 Å². The van der Waals surface area contributed by atoms with Crippen LogP contribution in [-0.4, -0.2) is 20.6 Å². The molecule has 0 amide bonds. The first-order valence-electron chi connectivity index (χ1n) is 19.2. The quantitative estimate of drug-likeness (QED) is 0.172. The van der Waals surface area contributed by atoms with Crippen molar-refractivity contribution in [2.45, 2.75) is 12.5 Å². The molecule has 0 bridgehead atoms. The second kappa shape index (κ2) is 13.2. The molecule has 0 fully saturated rings. The van der Waals surface area contributed by atoms with Crippen LogP contribution in [0.25, 0.3) is 89.2 Å². The number of rotatable bonds is 6. The molecule has 0 saturated heterocycles. The minimum Gasteiger partial charge on any atom is -0.485 e. The molecule has 1 atom stereocenters. The van der Waals surface area contributed by atoms with Crippen molar-refractivity contribution < 1.29 is 4.74 Å². The van der Waals surface area contributed by atoms with Gasteiger partial charge in [-0.15, -0.1) is 0 Å². The first-order valence-corrected chi connectivity index (χ1v) is 19.2. The lowest BCUT2D eigenvalue weighted by Crippen LogP contribution is -2.17. The molecule has 2 aliphatic rings.